The first-order valence-corrected chi connectivity index (χ1v) is 6.37. The predicted octanol–water partition coefficient (Wildman–Crippen LogP) is 1.54. The summed E-state index contributed by atoms with van der Waals surface area (Å²) in [6.07, 6.45) is 0.284. The molecule has 0 saturated carbocycles. The van der Waals surface area contributed by atoms with Crippen LogP contribution in [-0.4, -0.2) is 41.2 Å². The number of morpholine rings is 1. The largest absolute Gasteiger partial charge is 0.372 e. The summed E-state index contributed by atoms with van der Waals surface area (Å²) in [7, 11) is 0. The van der Waals surface area contributed by atoms with Crippen LogP contribution in [0.15, 0.2) is 0 Å². The number of carbonyl (C=O) groups is 1. The average Bonchev–Trinajstić information content (AvgIpc) is 2.14. The number of thiocarbonyl (C=S) groups is 1. The van der Waals surface area contributed by atoms with Crippen molar-refractivity contribution in [2.75, 3.05) is 13.1 Å². The van der Waals surface area contributed by atoms with Gasteiger partial charge in [-0.2, -0.15) is 0 Å². The second-order valence-electron chi connectivity index (χ2n) is 5.67. The Kier molecular flexibility index (Phi) is 4.49. The van der Waals surface area contributed by atoms with Gasteiger partial charge in [-0.15, -0.1) is 0 Å². The standard InChI is InChI=1S/C12H22N2O2S/c1-8-6-14(7-9(2)16-8)11(17)13-10(15)12(3,4)5/h8-9H,6-7H2,1-5H3,(H,13,15,17)/t8-,9-/m1/s1. The van der Waals surface area contributed by atoms with Gasteiger partial charge in [0.2, 0.25) is 5.91 Å². The maximum Gasteiger partial charge on any atom is 0.231 e. The number of nitrogens with one attached hydrogen (secondary N) is 1. The highest BCUT2D eigenvalue weighted by Gasteiger charge is 2.27. The van der Waals surface area contributed by atoms with Crippen molar-refractivity contribution < 1.29 is 9.53 Å². The fourth-order valence-electron chi connectivity index (χ4n) is 1.71. The van der Waals surface area contributed by atoms with Gasteiger partial charge in [0.15, 0.2) is 5.11 Å². The van der Waals surface area contributed by atoms with E-state index < -0.39 is 5.41 Å². The van der Waals surface area contributed by atoms with Crippen LogP contribution in [0.3, 0.4) is 0 Å². The number of ether oxygens (including phenoxy) is 1. The van der Waals surface area contributed by atoms with Crippen molar-refractivity contribution in [1.29, 1.82) is 0 Å². The van der Waals surface area contributed by atoms with Crippen LogP contribution in [-0.2, 0) is 9.53 Å². The molecular formula is C12H22N2O2S. The molecule has 1 N–H and O–H groups in total. The van der Waals surface area contributed by atoms with E-state index in [1.54, 1.807) is 0 Å². The van der Waals surface area contributed by atoms with E-state index in [1.807, 2.05) is 39.5 Å². The van der Waals surface area contributed by atoms with Crippen LogP contribution in [0.1, 0.15) is 34.6 Å². The summed E-state index contributed by atoms with van der Waals surface area (Å²) in [6, 6.07) is 0. The normalized spacial score (nSPS) is 25.6. The van der Waals surface area contributed by atoms with Crippen molar-refractivity contribution in [2.45, 2.75) is 46.8 Å². The van der Waals surface area contributed by atoms with Crippen LogP contribution in [0.2, 0.25) is 0 Å². The Balaban J connectivity index is 2.56. The first-order chi connectivity index (χ1) is 7.70. The van der Waals surface area contributed by atoms with Crippen LogP contribution in [0.25, 0.3) is 0 Å². The van der Waals surface area contributed by atoms with E-state index in [0.29, 0.717) is 5.11 Å². The van der Waals surface area contributed by atoms with Crippen LogP contribution < -0.4 is 5.32 Å². The second-order valence-corrected chi connectivity index (χ2v) is 6.06. The molecule has 98 valence electrons. The molecule has 0 spiro atoms. The Labute approximate surface area is 109 Å². The Morgan fingerprint density at radius 1 is 1.29 bits per heavy atom. The molecule has 1 aliphatic rings. The molecule has 0 aromatic heterocycles. The number of hydrogen-bond donors (Lipinski definition) is 1. The zero-order chi connectivity index (χ0) is 13.2. The van der Waals surface area contributed by atoms with Gasteiger partial charge in [-0.3, -0.25) is 4.79 Å². The molecule has 4 nitrogen and oxygen atoms in total. The lowest BCUT2D eigenvalue weighted by Crippen LogP contribution is -2.54. The molecule has 1 fully saturated rings. The molecule has 17 heavy (non-hydrogen) atoms. The highest BCUT2D eigenvalue weighted by molar-refractivity contribution is 7.80. The monoisotopic (exact) mass is 258 g/mol. The van der Waals surface area contributed by atoms with E-state index in [2.05, 4.69) is 5.32 Å². The highest BCUT2D eigenvalue weighted by atomic mass is 32.1. The van der Waals surface area contributed by atoms with Gasteiger partial charge in [-0.25, -0.2) is 0 Å². The van der Waals surface area contributed by atoms with Crippen molar-refractivity contribution in [2.24, 2.45) is 5.41 Å². The Hall–Kier alpha value is -0.680. The molecule has 1 amide bonds. The minimum absolute atomic E-state index is 0.0469. The van der Waals surface area contributed by atoms with Crippen molar-refractivity contribution >= 4 is 23.2 Å². The molecular weight excluding hydrogens is 236 g/mol. The van der Waals surface area contributed by atoms with Gasteiger partial charge in [0.05, 0.1) is 12.2 Å². The average molecular weight is 258 g/mol. The third-order valence-corrected chi connectivity index (χ3v) is 2.97. The van der Waals surface area contributed by atoms with Gasteiger partial charge in [0.1, 0.15) is 0 Å². The summed E-state index contributed by atoms with van der Waals surface area (Å²) < 4.78 is 5.62. The topological polar surface area (TPSA) is 41.6 Å². The van der Waals surface area contributed by atoms with E-state index in [4.69, 9.17) is 17.0 Å². The number of amides is 1. The summed E-state index contributed by atoms with van der Waals surface area (Å²) in [4.78, 5) is 13.8. The van der Waals surface area contributed by atoms with Gasteiger partial charge in [-0.05, 0) is 26.1 Å². The van der Waals surface area contributed by atoms with Crippen LogP contribution in [0.4, 0.5) is 0 Å². The summed E-state index contributed by atoms with van der Waals surface area (Å²) in [5.74, 6) is -0.0469. The van der Waals surface area contributed by atoms with Gasteiger partial charge in [0.25, 0.3) is 0 Å². The van der Waals surface area contributed by atoms with E-state index in [9.17, 15) is 4.79 Å². The third-order valence-electron chi connectivity index (χ3n) is 2.61. The molecule has 0 aromatic rings. The van der Waals surface area contributed by atoms with E-state index in [0.717, 1.165) is 13.1 Å². The Bertz CT molecular complexity index is 302. The third kappa shape index (κ3) is 4.24. The molecule has 0 radical (unpaired) electrons. The second kappa shape index (κ2) is 5.31. The van der Waals surface area contributed by atoms with Gasteiger partial charge in [-0.1, -0.05) is 20.8 Å². The summed E-state index contributed by atoms with van der Waals surface area (Å²) in [5, 5.41) is 3.30. The lowest BCUT2D eigenvalue weighted by Gasteiger charge is -2.37. The molecule has 0 unspecified atom stereocenters. The molecule has 0 aromatic carbocycles. The number of rotatable bonds is 0. The lowest BCUT2D eigenvalue weighted by molar-refractivity contribution is -0.127. The van der Waals surface area contributed by atoms with Gasteiger partial charge >= 0.3 is 0 Å². The van der Waals surface area contributed by atoms with Gasteiger partial charge < -0.3 is 15.0 Å². The number of hydrogen-bond acceptors (Lipinski definition) is 3. The molecule has 0 bridgehead atoms. The first-order valence-electron chi connectivity index (χ1n) is 5.96. The fourth-order valence-corrected chi connectivity index (χ4v) is 1.95. The summed E-state index contributed by atoms with van der Waals surface area (Å²) in [6.45, 7) is 11.1. The fraction of sp³-hybridized carbons (Fsp3) is 0.833. The lowest BCUT2D eigenvalue weighted by atomic mass is 9.96. The highest BCUT2D eigenvalue weighted by Crippen LogP contribution is 2.14. The zero-order valence-electron chi connectivity index (χ0n) is 11.2. The van der Waals surface area contributed by atoms with E-state index in [1.165, 1.54) is 0 Å². The van der Waals surface area contributed by atoms with Crippen LogP contribution >= 0.6 is 12.2 Å². The summed E-state index contributed by atoms with van der Waals surface area (Å²) in [5.41, 5.74) is -0.423. The van der Waals surface area contributed by atoms with Crippen molar-refractivity contribution in [3.05, 3.63) is 0 Å². The minimum Gasteiger partial charge on any atom is -0.372 e. The number of carbonyl (C=O) groups excluding carboxylic acids is 1. The van der Waals surface area contributed by atoms with Crippen molar-refractivity contribution in [3.63, 3.8) is 0 Å². The maximum absolute atomic E-state index is 11.8. The van der Waals surface area contributed by atoms with Crippen molar-refractivity contribution in [1.82, 2.24) is 10.2 Å². The van der Waals surface area contributed by atoms with Gasteiger partial charge in [0, 0.05) is 18.5 Å². The van der Waals surface area contributed by atoms with E-state index >= 15 is 0 Å². The Morgan fingerprint density at radius 3 is 2.18 bits per heavy atom. The minimum atomic E-state index is -0.423. The molecule has 1 saturated heterocycles. The molecule has 0 aliphatic carbocycles. The Morgan fingerprint density at radius 2 is 1.76 bits per heavy atom. The molecule has 1 rings (SSSR count). The molecule has 1 heterocycles. The molecule has 1 aliphatic heterocycles. The summed E-state index contributed by atoms with van der Waals surface area (Å²) >= 11 is 5.26. The molecule has 5 heteroatoms. The van der Waals surface area contributed by atoms with Crippen molar-refractivity contribution in [3.8, 4) is 0 Å². The SMILES string of the molecule is C[C@@H]1CN(C(=S)NC(=O)C(C)(C)C)C[C@@H](C)O1. The maximum atomic E-state index is 11.8. The van der Waals surface area contributed by atoms with Crippen LogP contribution in [0.5, 0.6) is 0 Å². The smallest absolute Gasteiger partial charge is 0.231 e. The number of nitrogens with zero attached hydrogens (tertiary/aromatic N) is 1. The zero-order valence-corrected chi connectivity index (χ0v) is 12.1. The quantitative estimate of drug-likeness (QED) is 0.669. The molecule has 2 atom stereocenters. The first kappa shape index (κ1) is 14.4. The van der Waals surface area contributed by atoms with Crippen LogP contribution in [0, 0.1) is 5.41 Å². The van der Waals surface area contributed by atoms with E-state index in [-0.39, 0.29) is 18.1 Å². The predicted molar refractivity (Wildman–Crippen MR) is 71.8 cm³/mol.